The molecule has 0 amide bonds. The Morgan fingerprint density at radius 3 is 2.69 bits per heavy atom. The lowest BCUT2D eigenvalue weighted by Crippen LogP contribution is -1.99. The minimum atomic E-state index is 0.338. The van der Waals surface area contributed by atoms with Crippen LogP contribution < -0.4 is 0 Å². The first-order valence-corrected chi connectivity index (χ1v) is 8.65. The van der Waals surface area contributed by atoms with Gasteiger partial charge in [-0.2, -0.15) is 4.98 Å². The van der Waals surface area contributed by atoms with Crippen molar-refractivity contribution in [3.8, 4) is 28.7 Å². The molecule has 7 heteroatoms. The van der Waals surface area contributed by atoms with Gasteiger partial charge in [0, 0.05) is 10.6 Å². The summed E-state index contributed by atoms with van der Waals surface area (Å²) in [6.07, 6.45) is 0.961. The summed E-state index contributed by atoms with van der Waals surface area (Å²) in [6.45, 7) is 4.05. The summed E-state index contributed by atoms with van der Waals surface area (Å²) in [7, 11) is 0. The van der Waals surface area contributed by atoms with Gasteiger partial charge in [0.1, 0.15) is 0 Å². The van der Waals surface area contributed by atoms with Crippen molar-refractivity contribution in [2.24, 2.45) is 0 Å². The lowest BCUT2D eigenvalue weighted by atomic mass is 10.1. The summed E-state index contributed by atoms with van der Waals surface area (Å²) in [5.41, 5.74) is 4.43. The van der Waals surface area contributed by atoms with Crippen LogP contribution in [-0.2, 0) is 6.42 Å². The Bertz CT molecular complexity index is 1050. The molecule has 0 unspecified atom stereocenters. The third-order valence-corrected chi connectivity index (χ3v) is 4.44. The van der Waals surface area contributed by atoms with E-state index < -0.39 is 0 Å². The minimum Gasteiger partial charge on any atom is -0.332 e. The Morgan fingerprint density at radius 1 is 1.12 bits per heavy atom. The summed E-state index contributed by atoms with van der Waals surface area (Å²) in [5, 5.41) is 13.2. The molecule has 130 valence electrons. The third kappa shape index (κ3) is 2.99. The third-order valence-electron chi connectivity index (χ3n) is 4.19. The zero-order valence-corrected chi connectivity index (χ0v) is 15.1. The number of aromatic nitrogens is 5. The van der Waals surface area contributed by atoms with Gasteiger partial charge >= 0.3 is 0 Å². The van der Waals surface area contributed by atoms with Crippen LogP contribution in [0.5, 0.6) is 0 Å². The summed E-state index contributed by atoms with van der Waals surface area (Å²) < 4.78 is 7.18. The number of hydrogen-bond acceptors (Lipinski definition) is 5. The van der Waals surface area contributed by atoms with Gasteiger partial charge in [0.15, 0.2) is 5.69 Å². The molecule has 0 saturated heterocycles. The maximum absolute atomic E-state index is 5.92. The molecule has 0 bridgehead atoms. The van der Waals surface area contributed by atoms with Gasteiger partial charge in [0.25, 0.3) is 5.89 Å². The van der Waals surface area contributed by atoms with E-state index in [0.717, 1.165) is 23.4 Å². The molecule has 0 fully saturated rings. The standard InChI is InChI=1S/C19H16ClN5O/c1-3-13-5-4-6-16(11-13)25-12(2)17(22-24-25)19-21-18(23-26-19)14-7-9-15(20)10-8-14/h4-11H,3H2,1-2H3. The predicted octanol–water partition coefficient (Wildman–Crippen LogP) is 4.51. The Hall–Kier alpha value is -2.99. The molecular formula is C19H16ClN5O. The number of rotatable bonds is 4. The van der Waals surface area contributed by atoms with Crippen molar-refractivity contribution in [1.29, 1.82) is 0 Å². The molecule has 0 aliphatic heterocycles. The van der Waals surface area contributed by atoms with Crippen molar-refractivity contribution < 1.29 is 4.52 Å². The van der Waals surface area contributed by atoms with Crippen molar-refractivity contribution in [1.82, 2.24) is 25.1 Å². The molecule has 2 aromatic carbocycles. The SMILES string of the molecule is CCc1cccc(-n2nnc(-c3nc(-c4ccc(Cl)cc4)no3)c2C)c1. The fourth-order valence-electron chi connectivity index (χ4n) is 2.72. The van der Waals surface area contributed by atoms with Crippen molar-refractivity contribution in [3.63, 3.8) is 0 Å². The largest absolute Gasteiger partial charge is 0.332 e. The molecule has 26 heavy (non-hydrogen) atoms. The van der Waals surface area contributed by atoms with Crippen molar-refractivity contribution >= 4 is 11.6 Å². The van der Waals surface area contributed by atoms with E-state index in [-0.39, 0.29) is 0 Å². The van der Waals surface area contributed by atoms with E-state index in [1.54, 1.807) is 16.8 Å². The van der Waals surface area contributed by atoms with Gasteiger partial charge in [-0.15, -0.1) is 5.10 Å². The summed E-state index contributed by atoms with van der Waals surface area (Å²) >= 11 is 5.92. The smallest absolute Gasteiger partial charge is 0.280 e. The van der Waals surface area contributed by atoms with Crippen LogP contribution in [0.2, 0.25) is 5.02 Å². The molecule has 0 aliphatic rings. The van der Waals surface area contributed by atoms with Crippen molar-refractivity contribution in [2.75, 3.05) is 0 Å². The Balaban J connectivity index is 1.69. The van der Waals surface area contributed by atoms with Crippen LogP contribution in [0.4, 0.5) is 0 Å². The number of aryl methyl sites for hydroxylation is 1. The zero-order chi connectivity index (χ0) is 18.1. The lowest BCUT2D eigenvalue weighted by molar-refractivity contribution is 0.430. The molecule has 2 aromatic heterocycles. The fourth-order valence-corrected chi connectivity index (χ4v) is 2.84. The van der Waals surface area contributed by atoms with Crippen LogP contribution in [0.3, 0.4) is 0 Å². The maximum atomic E-state index is 5.92. The molecule has 2 heterocycles. The highest BCUT2D eigenvalue weighted by Gasteiger charge is 2.19. The molecule has 4 rings (SSSR count). The van der Waals surface area contributed by atoms with E-state index >= 15 is 0 Å². The molecule has 0 spiro atoms. The highest BCUT2D eigenvalue weighted by Crippen LogP contribution is 2.25. The average Bonchev–Trinajstić information content (AvgIpc) is 3.29. The van der Waals surface area contributed by atoms with Crippen molar-refractivity contribution in [2.45, 2.75) is 20.3 Å². The predicted molar refractivity (Wildman–Crippen MR) is 99.2 cm³/mol. The van der Waals surface area contributed by atoms with Crippen LogP contribution >= 0.6 is 11.6 Å². The normalized spacial score (nSPS) is 11.0. The maximum Gasteiger partial charge on any atom is 0.280 e. The summed E-state index contributed by atoms with van der Waals surface area (Å²) in [5.74, 6) is 0.823. The molecule has 0 saturated carbocycles. The second-order valence-corrected chi connectivity index (χ2v) is 6.33. The minimum absolute atomic E-state index is 0.338. The molecule has 0 radical (unpaired) electrons. The highest BCUT2D eigenvalue weighted by atomic mass is 35.5. The topological polar surface area (TPSA) is 69.6 Å². The molecular weight excluding hydrogens is 350 g/mol. The quantitative estimate of drug-likeness (QED) is 0.532. The van der Waals surface area contributed by atoms with Gasteiger partial charge < -0.3 is 4.52 Å². The lowest BCUT2D eigenvalue weighted by Gasteiger charge is -2.04. The van der Waals surface area contributed by atoms with Gasteiger partial charge in [-0.3, -0.25) is 0 Å². The van der Waals surface area contributed by atoms with E-state index in [0.29, 0.717) is 22.4 Å². The molecule has 0 aliphatic carbocycles. The molecule has 6 nitrogen and oxygen atoms in total. The fraction of sp³-hybridized carbons (Fsp3) is 0.158. The summed E-state index contributed by atoms with van der Waals surface area (Å²) in [6, 6.07) is 15.5. The Kier molecular flexibility index (Phi) is 4.26. The first-order chi connectivity index (χ1) is 12.7. The summed E-state index contributed by atoms with van der Waals surface area (Å²) in [4.78, 5) is 4.45. The Morgan fingerprint density at radius 2 is 1.92 bits per heavy atom. The molecule has 0 atom stereocenters. The zero-order valence-electron chi connectivity index (χ0n) is 14.3. The van der Waals surface area contributed by atoms with Crippen LogP contribution in [0.25, 0.3) is 28.7 Å². The van der Waals surface area contributed by atoms with E-state index in [1.807, 2.05) is 31.2 Å². The highest BCUT2D eigenvalue weighted by molar-refractivity contribution is 6.30. The monoisotopic (exact) mass is 365 g/mol. The number of halogens is 1. The number of nitrogens with zero attached hydrogens (tertiary/aromatic N) is 5. The van der Waals surface area contributed by atoms with Crippen LogP contribution in [-0.4, -0.2) is 25.1 Å². The van der Waals surface area contributed by atoms with Crippen LogP contribution in [0, 0.1) is 6.92 Å². The van der Waals surface area contributed by atoms with Crippen molar-refractivity contribution in [3.05, 3.63) is 64.8 Å². The average molecular weight is 366 g/mol. The van der Waals surface area contributed by atoms with Gasteiger partial charge in [-0.1, -0.05) is 41.0 Å². The Labute approximate surface area is 155 Å². The molecule has 0 N–H and O–H groups in total. The van der Waals surface area contributed by atoms with E-state index in [4.69, 9.17) is 16.1 Å². The first kappa shape index (κ1) is 16.5. The van der Waals surface area contributed by atoms with Gasteiger partial charge in [-0.05, 0) is 55.3 Å². The first-order valence-electron chi connectivity index (χ1n) is 8.27. The van der Waals surface area contributed by atoms with Gasteiger partial charge in [0.05, 0.1) is 11.4 Å². The van der Waals surface area contributed by atoms with E-state index in [9.17, 15) is 0 Å². The second kappa shape index (κ2) is 6.72. The van der Waals surface area contributed by atoms with E-state index in [1.165, 1.54) is 5.56 Å². The number of benzene rings is 2. The van der Waals surface area contributed by atoms with Crippen LogP contribution in [0.15, 0.2) is 53.1 Å². The van der Waals surface area contributed by atoms with Gasteiger partial charge in [0.2, 0.25) is 5.82 Å². The number of hydrogen-bond donors (Lipinski definition) is 0. The second-order valence-electron chi connectivity index (χ2n) is 5.89. The molecule has 4 aromatic rings. The van der Waals surface area contributed by atoms with Crippen LogP contribution in [0.1, 0.15) is 18.2 Å². The van der Waals surface area contributed by atoms with Gasteiger partial charge in [-0.25, -0.2) is 4.68 Å². The van der Waals surface area contributed by atoms with E-state index in [2.05, 4.69) is 39.5 Å².